The van der Waals surface area contributed by atoms with Crippen LogP contribution in [0, 0.1) is 11.8 Å². The van der Waals surface area contributed by atoms with Crippen LogP contribution in [0.1, 0.15) is 29.8 Å². The summed E-state index contributed by atoms with van der Waals surface area (Å²) in [4.78, 5) is 13.6. The van der Waals surface area contributed by atoms with Gasteiger partial charge in [0.2, 0.25) is 13.1 Å². The van der Waals surface area contributed by atoms with Gasteiger partial charge in [-0.05, 0) is 47.1 Å². The van der Waals surface area contributed by atoms with E-state index in [1.807, 2.05) is 30.3 Å². The van der Waals surface area contributed by atoms with Crippen LogP contribution in [0.2, 0.25) is 0 Å². The highest BCUT2D eigenvalue weighted by molar-refractivity contribution is 6.13. The van der Waals surface area contributed by atoms with Gasteiger partial charge in [0.15, 0.2) is 23.0 Å². The summed E-state index contributed by atoms with van der Waals surface area (Å²) < 4.78 is 52.2. The maximum absolute atomic E-state index is 13.6. The Hall–Kier alpha value is -3.73. The molecular formula is C31H36O10. The van der Waals surface area contributed by atoms with E-state index in [1.165, 1.54) is 7.11 Å². The van der Waals surface area contributed by atoms with Gasteiger partial charge >= 0.3 is 5.97 Å². The Morgan fingerprint density at radius 2 is 1.63 bits per heavy atom. The van der Waals surface area contributed by atoms with E-state index in [0.717, 1.165) is 0 Å². The molecule has 0 radical (unpaired) electrons. The molecule has 41 heavy (non-hydrogen) atoms. The third kappa shape index (κ3) is 5.11. The number of hydrogen-bond acceptors (Lipinski definition) is 10. The lowest BCUT2D eigenvalue weighted by atomic mass is 9.87. The standard InChI is InChI=1S/C31H36O10/c1-16-13-38-31(28(36-6)17(16)2)41-29-20-12-24(35-5)23(34-4)11-19(20)26(27(30(32)37-7)21(29)14-33-3)18-8-9-22-25(10-18)40-15-39-22/h8-12,16-17,28,31H,13-15H2,1-7H3. The molecule has 0 spiro atoms. The van der Waals surface area contributed by atoms with Crippen molar-refractivity contribution in [3.05, 3.63) is 41.5 Å². The van der Waals surface area contributed by atoms with Crippen molar-refractivity contribution >= 4 is 16.7 Å². The van der Waals surface area contributed by atoms with E-state index in [1.54, 1.807) is 28.4 Å². The van der Waals surface area contributed by atoms with Gasteiger partial charge in [0.1, 0.15) is 11.9 Å². The minimum absolute atomic E-state index is 0.0535. The highest BCUT2D eigenvalue weighted by Crippen LogP contribution is 2.48. The second-order valence-electron chi connectivity index (χ2n) is 10.2. The molecule has 220 valence electrons. The molecule has 2 heterocycles. The SMILES string of the molecule is COCc1c(C(=O)OC)c(-c2ccc3c(c2)OCO3)c2cc(OC)c(OC)cc2c1OC1OCC(C)C(C)C1OC. The first-order valence-corrected chi connectivity index (χ1v) is 13.4. The smallest absolute Gasteiger partial charge is 0.339 e. The predicted molar refractivity (Wildman–Crippen MR) is 150 cm³/mol. The van der Waals surface area contributed by atoms with Crippen molar-refractivity contribution in [2.75, 3.05) is 48.9 Å². The molecule has 1 fully saturated rings. The summed E-state index contributed by atoms with van der Waals surface area (Å²) >= 11 is 0. The molecule has 0 bridgehead atoms. The molecule has 0 saturated carbocycles. The molecule has 0 aromatic heterocycles. The third-order valence-electron chi connectivity index (χ3n) is 7.92. The van der Waals surface area contributed by atoms with Gasteiger partial charge in [-0.25, -0.2) is 4.79 Å². The molecule has 4 atom stereocenters. The van der Waals surface area contributed by atoms with Crippen LogP contribution in [0.25, 0.3) is 21.9 Å². The normalized spacial score (nSPS) is 21.5. The van der Waals surface area contributed by atoms with Gasteiger partial charge in [0.25, 0.3) is 0 Å². The summed E-state index contributed by atoms with van der Waals surface area (Å²) in [5.41, 5.74) is 2.09. The second kappa shape index (κ2) is 12.0. The summed E-state index contributed by atoms with van der Waals surface area (Å²) in [5.74, 6) is 2.46. The maximum atomic E-state index is 13.6. The number of fused-ring (bicyclic) bond motifs is 2. The molecule has 4 unspecified atom stereocenters. The first-order valence-electron chi connectivity index (χ1n) is 13.4. The van der Waals surface area contributed by atoms with Crippen molar-refractivity contribution in [1.29, 1.82) is 0 Å². The van der Waals surface area contributed by atoms with Gasteiger partial charge < -0.3 is 42.6 Å². The summed E-state index contributed by atoms with van der Waals surface area (Å²) in [6.45, 7) is 4.90. The van der Waals surface area contributed by atoms with Gasteiger partial charge in [0, 0.05) is 30.7 Å². The summed E-state index contributed by atoms with van der Waals surface area (Å²) in [5, 5.41) is 1.34. The van der Waals surface area contributed by atoms with E-state index in [2.05, 4.69) is 13.8 Å². The van der Waals surface area contributed by atoms with Crippen LogP contribution in [0.15, 0.2) is 30.3 Å². The van der Waals surface area contributed by atoms with E-state index in [9.17, 15) is 4.79 Å². The Morgan fingerprint density at radius 1 is 0.927 bits per heavy atom. The van der Waals surface area contributed by atoms with E-state index in [4.69, 9.17) is 42.6 Å². The number of methoxy groups -OCH3 is 5. The summed E-state index contributed by atoms with van der Waals surface area (Å²) in [6.07, 6.45) is -1.08. The molecular weight excluding hydrogens is 532 g/mol. The van der Waals surface area contributed by atoms with Gasteiger partial charge in [-0.15, -0.1) is 0 Å². The number of ether oxygens (including phenoxy) is 9. The maximum Gasteiger partial charge on any atom is 0.339 e. The van der Waals surface area contributed by atoms with Gasteiger partial charge in [-0.3, -0.25) is 0 Å². The number of carbonyl (C=O) groups is 1. The Kier molecular flexibility index (Phi) is 8.44. The number of esters is 1. The lowest BCUT2D eigenvalue weighted by Gasteiger charge is -2.39. The monoisotopic (exact) mass is 568 g/mol. The average molecular weight is 569 g/mol. The van der Waals surface area contributed by atoms with Gasteiger partial charge in [-0.1, -0.05) is 19.9 Å². The number of benzene rings is 3. The molecule has 3 aromatic carbocycles. The third-order valence-corrected chi connectivity index (χ3v) is 7.92. The fourth-order valence-corrected chi connectivity index (χ4v) is 5.54. The lowest BCUT2D eigenvalue weighted by Crippen LogP contribution is -2.48. The Morgan fingerprint density at radius 3 is 2.29 bits per heavy atom. The Bertz CT molecular complexity index is 1430. The Balaban J connectivity index is 1.85. The van der Waals surface area contributed by atoms with E-state index < -0.39 is 12.3 Å². The number of carbonyl (C=O) groups excluding carboxylic acids is 1. The minimum atomic E-state index is -0.736. The topological polar surface area (TPSA) is 100 Å². The number of hydrogen-bond donors (Lipinski definition) is 0. The van der Waals surface area contributed by atoms with Crippen molar-refractivity contribution in [3.63, 3.8) is 0 Å². The molecule has 0 amide bonds. The fraction of sp³-hybridized carbons (Fsp3) is 0.452. The van der Waals surface area contributed by atoms with E-state index in [0.29, 0.717) is 62.8 Å². The van der Waals surface area contributed by atoms with Crippen LogP contribution in [0.3, 0.4) is 0 Å². The molecule has 10 heteroatoms. The number of rotatable bonds is 9. The van der Waals surface area contributed by atoms with Crippen LogP contribution in [-0.4, -0.2) is 67.3 Å². The molecule has 2 aliphatic heterocycles. The first-order chi connectivity index (χ1) is 19.9. The zero-order valence-corrected chi connectivity index (χ0v) is 24.4. The second-order valence-corrected chi connectivity index (χ2v) is 10.2. The lowest BCUT2D eigenvalue weighted by molar-refractivity contribution is -0.213. The van der Waals surface area contributed by atoms with Crippen molar-refractivity contribution < 1.29 is 47.4 Å². The molecule has 0 N–H and O–H groups in total. The van der Waals surface area contributed by atoms with Crippen LogP contribution in [0.5, 0.6) is 28.7 Å². The molecule has 5 rings (SSSR count). The van der Waals surface area contributed by atoms with Crippen LogP contribution in [0.4, 0.5) is 0 Å². The van der Waals surface area contributed by atoms with Gasteiger partial charge in [-0.2, -0.15) is 0 Å². The van der Waals surface area contributed by atoms with Crippen molar-refractivity contribution in [2.45, 2.75) is 32.8 Å². The largest absolute Gasteiger partial charge is 0.493 e. The van der Waals surface area contributed by atoms with Crippen LogP contribution < -0.4 is 23.7 Å². The first kappa shape index (κ1) is 28.8. The predicted octanol–water partition coefficient (Wildman–Crippen LogP) is 5.21. The molecule has 10 nitrogen and oxygen atoms in total. The zero-order chi connectivity index (χ0) is 29.3. The van der Waals surface area contributed by atoms with E-state index in [-0.39, 0.29) is 36.9 Å². The molecule has 0 aliphatic carbocycles. The highest BCUT2D eigenvalue weighted by atomic mass is 16.7. The molecule has 1 saturated heterocycles. The Labute approximate surface area is 239 Å². The summed E-state index contributed by atoms with van der Waals surface area (Å²) in [6, 6.07) is 9.18. The van der Waals surface area contributed by atoms with Crippen LogP contribution in [-0.2, 0) is 25.6 Å². The van der Waals surface area contributed by atoms with Gasteiger partial charge in [0.05, 0.1) is 40.1 Å². The quantitative estimate of drug-likeness (QED) is 0.320. The van der Waals surface area contributed by atoms with E-state index >= 15 is 0 Å². The highest BCUT2D eigenvalue weighted by Gasteiger charge is 2.39. The fourth-order valence-electron chi connectivity index (χ4n) is 5.54. The summed E-state index contributed by atoms with van der Waals surface area (Å²) in [7, 11) is 7.67. The van der Waals surface area contributed by atoms with Crippen molar-refractivity contribution in [3.8, 4) is 39.9 Å². The average Bonchev–Trinajstić information content (AvgIpc) is 3.47. The van der Waals surface area contributed by atoms with Crippen molar-refractivity contribution in [1.82, 2.24) is 0 Å². The molecule has 2 aliphatic rings. The minimum Gasteiger partial charge on any atom is -0.493 e. The van der Waals surface area contributed by atoms with Crippen LogP contribution >= 0.6 is 0 Å². The zero-order valence-electron chi connectivity index (χ0n) is 24.4. The molecule has 3 aromatic rings. The van der Waals surface area contributed by atoms with Crippen molar-refractivity contribution in [2.24, 2.45) is 11.8 Å².